The van der Waals surface area contributed by atoms with Gasteiger partial charge in [0, 0.05) is 21.4 Å². The third kappa shape index (κ3) is 9.48. The fourth-order valence-corrected chi connectivity index (χ4v) is 6.71. The summed E-state index contributed by atoms with van der Waals surface area (Å²) in [5.74, 6) is -1.60. The molecule has 3 rings (SSSR count). The number of aliphatic hydroxyl groups is 1. The average Bonchev–Trinajstić information content (AvgIpc) is 2.85. The lowest BCUT2D eigenvalue weighted by Gasteiger charge is -2.36. The molecule has 1 aliphatic heterocycles. The van der Waals surface area contributed by atoms with Crippen molar-refractivity contribution >= 4 is 27.6 Å². The molecule has 1 aliphatic rings. The summed E-state index contributed by atoms with van der Waals surface area (Å²) >= 11 is 0. The number of halogens is 1. The summed E-state index contributed by atoms with van der Waals surface area (Å²) in [6.07, 6.45) is -0.412. The van der Waals surface area contributed by atoms with Crippen LogP contribution in [0.25, 0.3) is 0 Å². The van der Waals surface area contributed by atoms with Crippen molar-refractivity contribution in [2.45, 2.75) is 77.7 Å². The van der Waals surface area contributed by atoms with E-state index >= 15 is 4.39 Å². The van der Waals surface area contributed by atoms with Crippen molar-refractivity contribution < 1.29 is 32.8 Å². The van der Waals surface area contributed by atoms with Crippen molar-refractivity contribution in [1.82, 2.24) is 5.32 Å². The molecular weight excluding hydrogens is 537 g/mol. The largest absolute Gasteiger partial charge is 0.444 e. The topological polar surface area (TPSA) is 138 Å². The summed E-state index contributed by atoms with van der Waals surface area (Å²) in [6.45, 7) is 7.15. The Kier molecular flexibility index (Phi) is 10.5. The van der Waals surface area contributed by atoms with E-state index in [0.717, 1.165) is 18.4 Å². The summed E-state index contributed by atoms with van der Waals surface area (Å²) in [5, 5.41) is 16.1. The minimum absolute atomic E-state index is 0.0354. The normalized spacial score (nSPS) is 22.8. The summed E-state index contributed by atoms with van der Waals surface area (Å²) < 4.78 is 47.0. The molecule has 9 nitrogen and oxygen atoms in total. The second-order valence-corrected chi connectivity index (χ2v) is 13.5. The van der Waals surface area contributed by atoms with Crippen LogP contribution < -0.4 is 10.6 Å². The molecule has 4 N–H and O–H groups in total. The Morgan fingerprint density at radius 1 is 1.12 bits per heavy atom. The number of benzene rings is 2. The average molecular weight is 578 g/mol. The first-order valence-corrected chi connectivity index (χ1v) is 15.4. The molecular formula is C29H40FN3O6S. The maximum atomic E-state index is 15.4. The van der Waals surface area contributed by atoms with Crippen LogP contribution in [0.15, 0.2) is 42.5 Å². The van der Waals surface area contributed by atoms with Crippen LogP contribution in [-0.2, 0) is 38.7 Å². The van der Waals surface area contributed by atoms with Crippen LogP contribution >= 0.6 is 0 Å². The number of hydrogen-bond donors (Lipinski definition) is 4. The molecule has 0 radical (unpaired) electrons. The van der Waals surface area contributed by atoms with Crippen LogP contribution in [0, 0.1) is 16.5 Å². The van der Waals surface area contributed by atoms with Crippen molar-refractivity contribution in [3.63, 3.8) is 0 Å². The number of aryl methyl sites for hydroxylation is 1. The van der Waals surface area contributed by atoms with Gasteiger partial charge in [-0.1, -0.05) is 49.7 Å². The van der Waals surface area contributed by atoms with Crippen molar-refractivity contribution in [2.75, 3.05) is 16.8 Å². The maximum absolute atomic E-state index is 15.4. The van der Waals surface area contributed by atoms with Crippen LogP contribution in [0.1, 0.15) is 57.2 Å². The van der Waals surface area contributed by atoms with Crippen LogP contribution in [0.5, 0.6) is 0 Å². The molecule has 0 aromatic heterocycles. The number of ether oxygens (including phenoxy) is 2. The highest BCUT2D eigenvalue weighted by molar-refractivity contribution is 7.92. The smallest absolute Gasteiger partial charge is 0.412 e. The first-order valence-electron chi connectivity index (χ1n) is 13.5. The van der Waals surface area contributed by atoms with Crippen molar-refractivity contribution in [1.29, 1.82) is 4.78 Å². The zero-order valence-corrected chi connectivity index (χ0v) is 24.3. The summed E-state index contributed by atoms with van der Waals surface area (Å²) in [7, 11) is -3.11. The lowest BCUT2D eigenvalue weighted by atomic mass is 9.90. The zero-order valence-electron chi connectivity index (χ0n) is 23.5. The first kappa shape index (κ1) is 31.3. The summed E-state index contributed by atoms with van der Waals surface area (Å²) in [6, 6.07) is 11.2. The number of rotatable bonds is 9. The molecule has 2 aromatic carbocycles. The molecule has 1 saturated heterocycles. The Bertz CT molecular complexity index is 1280. The highest BCUT2D eigenvalue weighted by Crippen LogP contribution is 2.29. The molecule has 1 heterocycles. The number of nitrogens with one attached hydrogen (secondary N) is 3. The summed E-state index contributed by atoms with van der Waals surface area (Å²) in [5.41, 5.74) is 1.18. The van der Waals surface area contributed by atoms with Gasteiger partial charge in [0.2, 0.25) is 0 Å². The molecule has 4 atom stereocenters. The van der Waals surface area contributed by atoms with Crippen molar-refractivity contribution in [2.24, 2.45) is 5.92 Å². The molecule has 2 amide bonds. The van der Waals surface area contributed by atoms with Gasteiger partial charge in [-0.2, -0.15) is 0 Å². The Hall–Kier alpha value is -3.18. The third-order valence-corrected chi connectivity index (χ3v) is 8.36. The van der Waals surface area contributed by atoms with E-state index in [-0.39, 0.29) is 30.2 Å². The van der Waals surface area contributed by atoms with Gasteiger partial charge in [-0.3, -0.25) is 10.1 Å². The maximum Gasteiger partial charge on any atom is 0.412 e. The van der Waals surface area contributed by atoms with Gasteiger partial charge in [-0.05, 0) is 62.8 Å². The Labute approximate surface area is 235 Å². The van der Waals surface area contributed by atoms with E-state index < -0.39 is 51.4 Å². The second-order valence-electron chi connectivity index (χ2n) is 11.3. The van der Waals surface area contributed by atoms with Crippen molar-refractivity contribution in [3.8, 4) is 0 Å². The number of amides is 2. The van der Waals surface area contributed by atoms with Gasteiger partial charge in [0.15, 0.2) is 0 Å². The molecule has 0 aliphatic carbocycles. The predicted octanol–water partition coefficient (Wildman–Crippen LogP) is 5.39. The molecule has 11 heteroatoms. The van der Waals surface area contributed by atoms with E-state index in [1.54, 1.807) is 26.8 Å². The minimum atomic E-state index is -3.11. The molecule has 40 heavy (non-hydrogen) atoms. The number of carbonyl (C=O) groups excluding carboxylic acids is 2. The third-order valence-electron chi connectivity index (χ3n) is 6.50. The van der Waals surface area contributed by atoms with E-state index in [0.29, 0.717) is 17.5 Å². The zero-order chi connectivity index (χ0) is 29.5. The number of anilines is 1. The molecule has 220 valence electrons. The van der Waals surface area contributed by atoms with Gasteiger partial charge in [0.1, 0.15) is 18.0 Å². The standard InChI is InChI=1S/C29H40FN3O6S/c1-5-6-12-21-13-20(15-23(30)25(21)33-27(35)38-16-19-10-8-7-9-11-19)14-22-17-40(31,37)18-24(26(22)34)32-28(36)39-29(2,3)4/h7-11,13,15,22,24,26,31,34H,5-6,12,14,16-18H2,1-4H3,(H,32,36)(H,33,35)/t22-,24+,26+,40?/m1/s1. The van der Waals surface area contributed by atoms with Gasteiger partial charge in [0.05, 0.1) is 23.6 Å². The first-order chi connectivity index (χ1) is 18.8. The fourth-order valence-electron chi connectivity index (χ4n) is 4.71. The van der Waals surface area contributed by atoms with Crippen LogP contribution in [0.2, 0.25) is 0 Å². The molecule has 0 saturated carbocycles. The van der Waals surface area contributed by atoms with Crippen molar-refractivity contribution in [3.05, 3.63) is 65.0 Å². The number of carbonyl (C=O) groups is 2. The Morgan fingerprint density at radius 2 is 1.82 bits per heavy atom. The number of alkyl carbamates (subject to hydrolysis) is 1. The highest BCUT2D eigenvalue weighted by Gasteiger charge is 2.39. The van der Waals surface area contributed by atoms with E-state index in [2.05, 4.69) is 10.6 Å². The molecule has 0 bridgehead atoms. The molecule has 1 unspecified atom stereocenters. The van der Waals surface area contributed by atoms with Gasteiger partial charge in [0.25, 0.3) is 0 Å². The van der Waals surface area contributed by atoms with Gasteiger partial charge in [-0.25, -0.2) is 18.2 Å². The van der Waals surface area contributed by atoms with E-state index in [1.807, 2.05) is 37.3 Å². The van der Waals surface area contributed by atoms with Gasteiger partial charge < -0.3 is 19.9 Å². The summed E-state index contributed by atoms with van der Waals surface area (Å²) in [4.78, 5) is 24.8. The van der Waals surface area contributed by atoms with Gasteiger partial charge in [-0.15, -0.1) is 0 Å². The van der Waals surface area contributed by atoms with Crippen LogP contribution in [0.4, 0.5) is 19.7 Å². The van der Waals surface area contributed by atoms with E-state index in [9.17, 15) is 18.9 Å². The molecule has 1 fully saturated rings. The van der Waals surface area contributed by atoms with Crippen LogP contribution in [-0.4, -0.2) is 50.8 Å². The minimum Gasteiger partial charge on any atom is -0.444 e. The molecule has 0 spiro atoms. The number of unbranched alkanes of at least 4 members (excludes halogenated alkanes) is 1. The molecule has 2 aromatic rings. The van der Waals surface area contributed by atoms with Crippen LogP contribution in [0.3, 0.4) is 0 Å². The Balaban J connectivity index is 1.76. The fraction of sp³-hybridized carbons (Fsp3) is 0.517. The highest BCUT2D eigenvalue weighted by atomic mass is 32.2. The number of hydrogen-bond acceptors (Lipinski definition) is 7. The van der Waals surface area contributed by atoms with E-state index in [4.69, 9.17) is 14.3 Å². The second kappa shape index (κ2) is 13.5. The van der Waals surface area contributed by atoms with E-state index in [1.165, 1.54) is 6.07 Å². The monoisotopic (exact) mass is 577 g/mol. The van der Waals surface area contributed by atoms with Gasteiger partial charge >= 0.3 is 12.2 Å². The lowest BCUT2D eigenvalue weighted by molar-refractivity contribution is 0.0360. The predicted molar refractivity (Wildman–Crippen MR) is 152 cm³/mol. The number of aliphatic hydroxyl groups excluding tert-OH is 1. The Morgan fingerprint density at radius 3 is 2.48 bits per heavy atom. The lowest BCUT2D eigenvalue weighted by Crippen LogP contribution is -2.56. The SMILES string of the molecule is CCCCc1cc(C[C@@H]2CS(=N)(=O)C[C@H](NC(=O)OC(C)(C)C)[C@H]2O)cc(F)c1NC(=O)OCc1ccccc1. The quantitative estimate of drug-likeness (QED) is 0.315.